The number of pyridine rings is 1. The fourth-order valence-electron chi connectivity index (χ4n) is 1.80. The van der Waals surface area contributed by atoms with Crippen LogP contribution in [0.5, 0.6) is 5.75 Å². The van der Waals surface area contributed by atoms with Gasteiger partial charge in [0.2, 0.25) is 0 Å². The second kappa shape index (κ2) is 5.75. The molecule has 0 saturated heterocycles. The third kappa shape index (κ3) is 3.26. The van der Waals surface area contributed by atoms with Crippen LogP contribution in [0, 0.1) is 11.6 Å². The molecule has 0 aliphatic rings. The Morgan fingerprint density at radius 2 is 1.79 bits per heavy atom. The fourth-order valence-corrected chi connectivity index (χ4v) is 1.80. The summed E-state index contributed by atoms with van der Waals surface area (Å²) in [5, 5.41) is 0. The molecule has 0 amide bonds. The second-order valence-electron chi connectivity index (χ2n) is 4.07. The molecule has 19 heavy (non-hydrogen) atoms. The van der Waals surface area contributed by atoms with Crippen molar-refractivity contribution < 1.29 is 13.5 Å². The van der Waals surface area contributed by atoms with Gasteiger partial charge in [-0.25, -0.2) is 8.78 Å². The minimum atomic E-state index is -0.655. The van der Waals surface area contributed by atoms with Crippen molar-refractivity contribution in [2.24, 2.45) is 5.73 Å². The van der Waals surface area contributed by atoms with Crippen molar-refractivity contribution in [2.45, 2.75) is 13.0 Å². The third-order valence-electron chi connectivity index (χ3n) is 2.65. The summed E-state index contributed by atoms with van der Waals surface area (Å²) in [6.45, 7) is 2.36. The molecule has 0 bridgehead atoms. The van der Waals surface area contributed by atoms with Gasteiger partial charge >= 0.3 is 0 Å². The van der Waals surface area contributed by atoms with Gasteiger partial charge in [-0.05, 0) is 36.2 Å². The van der Waals surface area contributed by atoms with Gasteiger partial charge in [0.15, 0.2) is 0 Å². The zero-order valence-corrected chi connectivity index (χ0v) is 10.4. The van der Waals surface area contributed by atoms with Gasteiger partial charge in [0.05, 0.1) is 18.8 Å². The summed E-state index contributed by atoms with van der Waals surface area (Å²) < 4.78 is 31.7. The predicted molar refractivity (Wildman–Crippen MR) is 67.8 cm³/mol. The molecule has 2 aromatic rings. The molecule has 100 valence electrons. The van der Waals surface area contributed by atoms with Crippen molar-refractivity contribution >= 4 is 0 Å². The van der Waals surface area contributed by atoms with Gasteiger partial charge < -0.3 is 10.5 Å². The summed E-state index contributed by atoms with van der Waals surface area (Å²) >= 11 is 0. The topological polar surface area (TPSA) is 48.1 Å². The Labute approximate surface area is 110 Å². The highest BCUT2D eigenvalue weighted by atomic mass is 19.1. The molecule has 1 aromatic carbocycles. The quantitative estimate of drug-likeness (QED) is 0.923. The highest BCUT2D eigenvalue weighted by Gasteiger charge is 2.12. The number of nitrogens with two attached hydrogens (primary N) is 1. The molecule has 5 heteroatoms. The monoisotopic (exact) mass is 264 g/mol. The number of ether oxygens (including phenoxy) is 1. The van der Waals surface area contributed by atoms with Gasteiger partial charge in [0.25, 0.3) is 0 Å². The van der Waals surface area contributed by atoms with E-state index >= 15 is 0 Å². The second-order valence-corrected chi connectivity index (χ2v) is 4.07. The van der Waals surface area contributed by atoms with E-state index in [1.54, 1.807) is 18.5 Å². The SMILES string of the molecule is CCOc1cncc(C(N)c2cc(F)cc(F)c2)c1. The van der Waals surface area contributed by atoms with Crippen LogP contribution in [-0.2, 0) is 0 Å². The number of hydrogen-bond acceptors (Lipinski definition) is 3. The van der Waals surface area contributed by atoms with Crippen molar-refractivity contribution in [3.63, 3.8) is 0 Å². The number of rotatable bonds is 4. The first kappa shape index (κ1) is 13.4. The number of aromatic nitrogens is 1. The summed E-state index contributed by atoms with van der Waals surface area (Å²) in [6, 6.07) is 4.29. The maximum absolute atomic E-state index is 13.2. The van der Waals surface area contributed by atoms with E-state index in [0.29, 0.717) is 23.5 Å². The van der Waals surface area contributed by atoms with Gasteiger partial charge in [0, 0.05) is 12.3 Å². The predicted octanol–water partition coefficient (Wildman–Crippen LogP) is 2.81. The van der Waals surface area contributed by atoms with Crippen LogP contribution in [0.1, 0.15) is 24.1 Å². The summed E-state index contributed by atoms with van der Waals surface area (Å²) in [6.07, 6.45) is 3.11. The lowest BCUT2D eigenvalue weighted by molar-refractivity contribution is 0.338. The zero-order chi connectivity index (χ0) is 13.8. The first-order valence-corrected chi connectivity index (χ1v) is 5.89. The first-order chi connectivity index (χ1) is 9.10. The fraction of sp³-hybridized carbons (Fsp3) is 0.214. The number of hydrogen-bond donors (Lipinski definition) is 1. The van der Waals surface area contributed by atoms with Crippen LogP contribution in [0.2, 0.25) is 0 Å². The summed E-state index contributed by atoms with van der Waals surface area (Å²) in [4.78, 5) is 4.00. The lowest BCUT2D eigenvalue weighted by atomic mass is 10.0. The highest BCUT2D eigenvalue weighted by Crippen LogP contribution is 2.23. The minimum absolute atomic E-state index is 0.355. The Kier molecular flexibility index (Phi) is 4.06. The minimum Gasteiger partial charge on any atom is -0.492 e. The average Bonchev–Trinajstić information content (AvgIpc) is 2.37. The van der Waals surface area contributed by atoms with Crippen LogP contribution in [-0.4, -0.2) is 11.6 Å². The van der Waals surface area contributed by atoms with E-state index in [9.17, 15) is 8.78 Å². The third-order valence-corrected chi connectivity index (χ3v) is 2.65. The van der Waals surface area contributed by atoms with E-state index in [-0.39, 0.29) is 0 Å². The molecular formula is C14H14F2N2O. The van der Waals surface area contributed by atoms with Gasteiger partial charge in [-0.1, -0.05) is 0 Å². The summed E-state index contributed by atoms with van der Waals surface area (Å²) in [5.74, 6) is -0.730. The van der Waals surface area contributed by atoms with E-state index < -0.39 is 17.7 Å². The molecule has 0 spiro atoms. The van der Waals surface area contributed by atoms with Crippen molar-refractivity contribution in [1.29, 1.82) is 0 Å². The van der Waals surface area contributed by atoms with Crippen LogP contribution in [0.25, 0.3) is 0 Å². The Bertz CT molecular complexity index is 555. The average molecular weight is 264 g/mol. The van der Waals surface area contributed by atoms with Gasteiger partial charge in [0.1, 0.15) is 17.4 Å². The first-order valence-electron chi connectivity index (χ1n) is 5.89. The van der Waals surface area contributed by atoms with Gasteiger partial charge in [-0.3, -0.25) is 4.98 Å². The normalized spacial score (nSPS) is 12.2. The maximum Gasteiger partial charge on any atom is 0.137 e. The molecule has 1 aromatic heterocycles. The zero-order valence-electron chi connectivity index (χ0n) is 10.4. The maximum atomic E-state index is 13.2. The Hall–Kier alpha value is -2.01. The molecule has 0 aliphatic carbocycles. The molecule has 2 N–H and O–H groups in total. The van der Waals surface area contributed by atoms with Crippen molar-refractivity contribution in [2.75, 3.05) is 6.61 Å². The molecule has 0 saturated carbocycles. The Balaban J connectivity index is 2.32. The molecule has 2 rings (SSSR count). The Morgan fingerprint density at radius 1 is 1.11 bits per heavy atom. The van der Waals surface area contributed by atoms with Crippen molar-refractivity contribution in [1.82, 2.24) is 4.98 Å². The van der Waals surface area contributed by atoms with Crippen LogP contribution >= 0.6 is 0 Å². The van der Waals surface area contributed by atoms with Crippen LogP contribution in [0.3, 0.4) is 0 Å². The molecule has 0 radical (unpaired) electrons. The van der Waals surface area contributed by atoms with Gasteiger partial charge in [-0.15, -0.1) is 0 Å². The molecule has 3 nitrogen and oxygen atoms in total. The number of nitrogens with zero attached hydrogens (tertiary/aromatic N) is 1. The molecule has 1 unspecified atom stereocenters. The molecule has 0 fully saturated rings. The molecule has 1 atom stereocenters. The summed E-state index contributed by atoms with van der Waals surface area (Å²) in [5.41, 5.74) is 6.98. The van der Waals surface area contributed by atoms with Crippen molar-refractivity contribution in [3.05, 3.63) is 59.4 Å². The van der Waals surface area contributed by atoms with Crippen molar-refractivity contribution in [3.8, 4) is 5.75 Å². The molecular weight excluding hydrogens is 250 g/mol. The van der Waals surface area contributed by atoms with Crippen LogP contribution in [0.15, 0.2) is 36.7 Å². The largest absolute Gasteiger partial charge is 0.492 e. The van der Waals surface area contributed by atoms with Crippen LogP contribution < -0.4 is 10.5 Å². The van der Waals surface area contributed by atoms with E-state index in [1.807, 2.05) is 6.92 Å². The van der Waals surface area contributed by atoms with E-state index in [4.69, 9.17) is 10.5 Å². The standard InChI is InChI=1S/C14H14F2N2O/c1-2-19-13-5-10(7-18-8-13)14(17)9-3-11(15)6-12(16)4-9/h3-8,14H,2,17H2,1H3. The summed E-state index contributed by atoms with van der Waals surface area (Å²) in [7, 11) is 0. The smallest absolute Gasteiger partial charge is 0.137 e. The highest BCUT2D eigenvalue weighted by molar-refractivity contribution is 5.34. The van der Waals surface area contributed by atoms with E-state index in [2.05, 4.69) is 4.98 Å². The number of halogens is 2. The van der Waals surface area contributed by atoms with Crippen LogP contribution in [0.4, 0.5) is 8.78 Å². The molecule has 0 aliphatic heterocycles. The van der Waals surface area contributed by atoms with E-state index in [0.717, 1.165) is 6.07 Å². The number of benzene rings is 1. The lowest BCUT2D eigenvalue weighted by Crippen LogP contribution is -2.13. The van der Waals surface area contributed by atoms with Gasteiger partial charge in [-0.2, -0.15) is 0 Å². The molecule has 1 heterocycles. The van der Waals surface area contributed by atoms with E-state index in [1.165, 1.54) is 12.1 Å². The lowest BCUT2D eigenvalue weighted by Gasteiger charge is -2.13. The Morgan fingerprint density at radius 3 is 2.42 bits per heavy atom.